The maximum atomic E-state index is 8.74. The molecule has 0 spiro atoms. The second-order valence-electron chi connectivity index (χ2n) is 3.46. The largest absolute Gasteiger partial charge is 0.326 e. The zero-order valence-electron chi connectivity index (χ0n) is 9.50. The quantitative estimate of drug-likeness (QED) is 0.765. The van der Waals surface area contributed by atoms with E-state index in [0.29, 0.717) is 0 Å². The van der Waals surface area contributed by atoms with Crippen molar-refractivity contribution in [3.05, 3.63) is 60.2 Å². The Kier molecular flexibility index (Phi) is 5.64. The molecule has 0 aromatic heterocycles. The van der Waals surface area contributed by atoms with Crippen LogP contribution in [-0.2, 0) is 4.57 Å². The molecule has 2 N–H and O–H groups in total. The Morgan fingerprint density at radius 3 is 1.88 bits per heavy atom. The fraction of sp³-hybridized carbons (Fsp3) is 0.0769. The van der Waals surface area contributed by atoms with Gasteiger partial charge in [0, 0.05) is 0 Å². The van der Waals surface area contributed by atoms with Gasteiger partial charge in [-0.3, -0.25) is 4.57 Å². The van der Waals surface area contributed by atoms with E-state index in [0.717, 1.165) is 0 Å². The highest BCUT2D eigenvalue weighted by Gasteiger charge is 1.97. The molecule has 4 heteroatoms. The molecule has 0 aliphatic heterocycles. The van der Waals surface area contributed by atoms with Crippen molar-refractivity contribution in [1.29, 1.82) is 0 Å². The first-order chi connectivity index (χ1) is 8.11. The lowest BCUT2D eigenvalue weighted by Gasteiger charge is -2.04. The molecule has 3 nitrogen and oxygen atoms in total. The van der Waals surface area contributed by atoms with Crippen LogP contribution in [0.3, 0.4) is 0 Å². The number of hydrogen-bond donors (Lipinski definition) is 2. The molecule has 0 atom stereocenters. The maximum absolute atomic E-state index is 8.74. The average molecular weight is 250 g/mol. The van der Waals surface area contributed by atoms with Gasteiger partial charge < -0.3 is 9.79 Å². The average Bonchev–Trinajstić information content (AvgIpc) is 2.30. The summed E-state index contributed by atoms with van der Waals surface area (Å²) in [5.74, 6) is 0. The second-order valence-corrected chi connectivity index (χ2v) is 4.03. The van der Waals surface area contributed by atoms with E-state index in [1.807, 2.05) is 6.07 Å². The highest BCUT2D eigenvalue weighted by molar-refractivity contribution is 7.30. The lowest BCUT2D eigenvalue weighted by molar-refractivity contribution is 0.405. The van der Waals surface area contributed by atoms with E-state index in [-0.39, 0.29) is 0 Å². The van der Waals surface area contributed by atoms with Crippen LogP contribution in [0.25, 0.3) is 11.1 Å². The fourth-order valence-corrected chi connectivity index (χ4v) is 1.51. The Hall–Kier alpha value is -1.41. The van der Waals surface area contributed by atoms with Crippen LogP contribution in [0.2, 0.25) is 0 Å². The molecule has 0 amide bonds. The molecule has 2 aromatic rings. The third kappa shape index (κ3) is 4.96. The van der Waals surface area contributed by atoms with Crippen molar-refractivity contribution in [1.82, 2.24) is 0 Å². The third-order valence-corrected chi connectivity index (χ3v) is 2.23. The van der Waals surface area contributed by atoms with Crippen LogP contribution in [-0.4, -0.2) is 9.79 Å². The summed E-state index contributed by atoms with van der Waals surface area (Å²) < 4.78 is 8.74. The number of hydrogen-bond acceptors (Lipinski definition) is 1. The van der Waals surface area contributed by atoms with Crippen molar-refractivity contribution >= 4 is 8.25 Å². The summed E-state index contributed by atoms with van der Waals surface area (Å²) in [6, 6.07) is 18.9. The first kappa shape index (κ1) is 13.7. The van der Waals surface area contributed by atoms with Crippen LogP contribution >= 0.6 is 8.25 Å². The van der Waals surface area contributed by atoms with Crippen molar-refractivity contribution in [3.63, 3.8) is 0 Å². The van der Waals surface area contributed by atoms with Gasteiger partial charge in [-0.1, -0.05) is 54.6 Å². The van der Waals surface area contributed by atoms with Crippen LogP contribution in [0.15, 0.2) is 54.6 Å². The zero-order valence-corrected chi connectivity index (χ0v) is 10.5. The van der Waals surface area contributed by atoms with Gasteiger partial charge in [-0.2, -0.15) is 0 Å². The first-order valence-corrected chi connectivity index (χ1v) is 6.44. The van der Waals surface area contributed by atoms with E-state index in [1.165, 1.54) is 16.7 Å². The van der Waals surface area contributed by atoms with E-state index in [1.54, 1.807) is 0 Å². The molecule has 0 saturated heterocycles. The summed E-state index contributed by atoms with van der Waals surface area (Å²) in [5, 5.41) is 0. The van der Waals surface area contributed by atoms with Crippen molar-refractivity contribution in [3.8, 4) is 11.1 Å². The topological polar surface area (TPSA) is 57.5 Å². The summed E-state index contributed by atoms with van der Waals surface area (Å²) >= 11 is 0. The van der Waals surface area contributed by atoms with Gasteiger partial charge in [0.15, 0.2) is 0 Å². The van der Waals surface area contributed by atoms with Gasteiger partial charge in [-0.05, 0) is 23.6 Å². The minimum atomic E-state index is -3.13. The Bertz CT molecular complexity index is 479. The minimum Gasteiger partial charge on any atom is -0.326 e. The van der Waals surface area contributed by atoms with Crippen molar-refractivity contribution < 1.29 is 14.4 Å². The SMILES string of the molecule is Cc1ccccc1-c1ccccc1.O=[PH](O)O. The summed E-state index contributed by atoms with van der Waals surface area (Å²) in [5.41, 5.74) is 3.94. The van der Waals surface area contributed by atoms with Crippen LogP contribution in [0.5, 0.6) is 0 Å². The smallest absolute Gasteiger partial charge is 0.314 e. The Morgan fingerprint density at radius 2 is 1.35 bits per heavy atom. The van der Waals surface area contributed by atoms with Crippen LogP contribution < -0.4 is 0 Å². The van der Waals surface area contributed by atoms with Gasteiger partial charge in [-0.15, -0.1) is 0 Å². The van der Waals surface area contributed by atoms with E-state index in [4.69, 9.17) is 14.4 Å². The zero-order chi connectivity index (χ0) is 12.7. The summed E-state index contributed by atoms with van der Waals surface area (Å²) in [4.78, 5) is 14.3. The van der Waals surface area contributed by atoms with E-state index < -0.39 is 8.25 Å². The second kappa shape index (κ2) is 7.02. The summed E-state index contributed by atoms with van der Waals surface area (Å²) in [6.07, 6.45) is 0. The molecule has 0 bridgehead atoms. The summed E-state index contributed by atoms with van der Waals surface area (Å²) in [6.45, 7) is 2.14. The Labute approximate surface area is 101 Å². The van der Waals surface area contributed by atoms with Crippen LogP contribution in [0, 0.1) is 6.92 Å². The van der Waals surface area contributed by atoms with E-state index >= 15 is 0 Å². The van der Waals surface area contributed by atoms with Gasteiger partial charge in [0.2, 0.25) is 0 Å². The lowest BCUT2D eigenvalue weighted by atomic mass is 10.0. The number of benzene rings is 2. The lowest BCUT2D eigenvalue weighted by Crippen LogP contribution is -1.80. The molecule has 0 fully saturated rings. The molecule has 0 radical (unpaired) electrons. The molecule has 0 unspecified atom stereocenters. The molecular formula is C13H15O3P. The first-order valence-electron chi connectivity index (χ1n) is 5.14. The van der Waals surface area contributed by atoms with Gasteiger partial charge in [0.1, 0.15) is 0 Å². The van der Waals surface area contributed by atoms with Crippen LogP contribution in [0.1, 0.15) is 5.56 Å². The molecule has 2 aromatic carbocycles. The van der Waals surface area contributed by atoms with E-state index in [2.05, 4.69) is 55.5 Å². The molecule has 90 valence electrons. The van der Waals surface area contributed by atoms with Crippen LogP contribution in [0.4, 0.5) is 0 Å². The predicted octanol–water partition coefficient (Wildman–Crippen LogP) is 3.02. The van der Waals surface area contributed by atoms with E-state index in [9.17, 15) is 0 Å². The number of rotatable bonds is 1. The maximum Gasteiger partial charge on any atom is 0.314 e. The number of aryl methyl sites for hydroxylation is 1. The highest BCUT2D eigenvalue weighted by atomic mass is 31.1. The molecule has 17 heavy (non-hydrogen) atoms. The van der Waals surface area contributed by atoms with Crippen molar-refractivity contribution in [2.75, 3.05) is 0 Å². The molecule has 0 heterocycles. The minimum absolute atomic E-state index is 1.29. The standard InChI is InChI=1S/C13H12.H3O3P/c1-11-7-5-6-10-13(11)12-8-3-2-4-9-12;1-4(2)3/h2-10H,1H3;4H,(H2,1,2,3). The summed E-state index contributed by atoms with van der Waals surface area (Å²) in [7, 11) is -3.13. The molecule has 0 saturated carbocycles. The highest BCUT2D eigenvalue weighted by Crippen LogP contribution is 2.21. The van der Waals surface area contributed by atoms with Crippen molar-refractivity contribution in [2.24, 2.45) is 0 Å². The van der Waals surface area contributed by atoms with Gasteiger partial charge in [-0.25, -0.2) is 0 Å². The van der Waals surface area contributed by atoms with Crippen molar-refractivity contribution in [2.45, 2.75) is 6.92 Å². The normalized spacial score (nSPS) is 9.65. The monoisotopic (exact) mass is 250 g/mol. The van der Waals surface area contributed by atoms with Gasteiger partial charge in [0.25, 0.3) is 0 Å². The molecule has 0 aliphatic carbocycles. The molecule has 2 rings (SSSR count). The Balaban J connectivity index is 0.000000317. The molecule has 0 aliphatic rings. The van der Waals surface area contributed by atoms with Gasteiger partial charge in [0.05, 0.1) is 0 Å². The third-order valence-electron chi connectivity index (χ3n) is 2.23. The fourth-order valence-electron chi connectivity index (χ4n) is 1.51. The molecular weight excluding hydrogens is 235 g/mol. The van der Waals surface area contributed by atoms with Gasteiger partial charge >= 0.3 is 8.25 Å². The predicted molar refractivity (Wildman–Crippen MR) is 70.1 cm³/mol. The Morgan fingerprint density at radius 1 is 0.882 bits per heavy atom.